The topological polar surface area (TPSA) is 12.5 Å². The molecule has 0 N–H and O–H groups in total. The third-order valence-electron chi connectivity index (χ3n) is 1.31. The molecule has 0 fully saturated rings. The molecule has 0 atom stereocenters. The maximum Gasteiger partial charge on any atom is 0.178 e. The first-order valence-electron chi connectivity index (χ1n) is 3.10. The molecule has 2 nitrogen and oxygen atoms in total. The van der Waals surface area contributed by atoms with E-state index < -0.39 is 0 Å². The van der Waals surface area contributed by atoms with E-state index in [4.69, 9.17) is 4.74 Å². The van der Waals surface area contributed by atoms with E-state index in [1.165, 1.54) is 0 Å². The third-order valence-corrected chi connectivity index (χ3v) is 1.83. The Morgan fingerprint density at radius 2 is 2.09 bits per heavy atom. The average Bonchev–Trinajstić information content (AvgIpc) is 2.05. The first-order valence-corrected chi connectivity index (χ1v) is 4.00. The van der Waals surface area contributed by atoms with Crippen LogP contribution in [0.15, 0.2) is 24.3 Å². The van der Waals surface area contributed by atoms with Gasteiger partial charge in [0.15, 0.2) is 20.8 Å². The minimum absolute atomic E-state index is 0.837. The molecule has 1 aromatic carbocycles. The van der Waals surface area contributed by atoms with Crippen LogP contribution in [0.3, 0.4) is 0 Å². The van der Waals surface area contributed by atoms with Gasteiger partial charge in [-0.3, -0.25) is 0 Å². The van der Waals surface area contributed by atoms with Crippen molar-refractivity contribution >= 4 is 26.5 Å². The first kappa shape index (κ1) is 8.35. The van der Waals surface area contributed by atoms with Gasteiger partial charge < -0.3 is 8.97 Å². The lowest BCUT2D eigenvalue weighted by atomic mass is 10.3. The summed E-state index contributed by atoms with van der Waals surface area (Å²) in [6.45, 7) is 0. The van der Waals surface area contributed by atoms with Gasteiger partial charge in [-0.15, -0.1) is 0 Å². The van der Waals surface area contributed by atoms with Crippen LogP contribution in [0.25, 0.3) is 0 Å². The fraction of sp³-hybridized carbons (Fsp3) is 0.143. The molecule has 11 heavy (non-hydrogen) atoms. The molecule has 0 aromatic heterocycles. The summed E-state index contributed by atoms with van der Waals surface area (Å²) in [6.07, 6.45) is 0. The molecule has 0 aliphatic rings. The molecular weight excluding hydrogens is 170 g/mol. The Hall–Kier alpha value is -0.746. The molecule has 0 heterocycles. The van der Waals surface area contributed by atoms with Crippen LogP contribution in [-0.4, -0.2) is 27.9 Å². The maximum atomic E-state index is 5.04. The van der Waals surface area contributed by atoms with Crippen molar-refractivity contribution in [2.45, 2.75) is 0 Å². The van der Waals surface area contributed by atoms with Crippen LogP contribution >= 0.6 is 0 Å². The molecule has 1 rings (SSSR count). The lowest BCUT2D eigenvalue weighted by molar-refractivity contribution is 0.415. The Bertz CT molecular complexity index is 240. The molecule has 0 bridgehead atoms. The van der Waals surface area contributed by atoms with Crippen molar-refractivity contribution in [2.24, 2.45) is 0 Å². The monoisotopic (exact) mass is 177 g/mol. The van der Waals surface area contributed by atoms with Crippen LogP contribution < -0.4 is 8.97 Å². The summed E-state index contributed by atoms with van der Waals surface area (Å²) in [4.78, 5) is 0. The quantitative estimate of drug-likeness (QED) is 0.616. The molecule has 0 amide bonds. The molecule has 0 aliphatic heterocycles. The van der Waals surface area contributed by atoms with Crippen molar-refractivity contribution in [3.8, 4) is 5.75 Å². The molecule has 0 spiro atoms. The number of rotatable bonds is 2. The van der Waals surface area contributed by atoms with Crippen molar-refractivity contribution in [2.75, 3.05) is 11.3 Å². The predicted molar refractivity (Wildman–Crippen MR) is 47.0 cm³/mol. The van der Waals surface area contributed by atoms with E-state index in [1.807, 2.05) is 24.3 Å². The molecule has 4 heteroatoms. The van der Waals surface area contributed by atoms with E-state index in [-0.39, 0.29) is 0 Å². The first-order chi connectivity index (χ1) is 5.24. The molecule has 0 saturated heterocycles. The van der Waals surface area contributed by atoms with Crippen molar-refractivity contribution in [1.29, 1.82) is 0 Å². The number of methoxy groups -OCH3 is 1. The maximum absolute atomic E-state index is 5.04. The largest absolute Gasteiger partial charge is 0.497 e. The molecular formula is C7H7NOSi2. The van der Waals surface area contributed by atoms with Crippen molar-refractivity contribution in [3.63, 3.8) is 0 Å². The Kier molecular flexibility index (Phi) is 2.72. The van der Waals surface area contributed by atoms with E-state index in [2.05, 4.69) is 20.8 Å². The van der Waals surface area contributed by atoms with Gasteiger partial charge in [-0.2, -0.15) is 0 Å². The molecule has 0 saturated carbocycles. The zero-order chi connectivity index (χ0) is 8.27. The van der Waals surface area contributed by atoms with Crippen molar-refractivity contribution in [3.05, 3.63) is 24.3 Å². The van der Waals surface area contributed by atoms with Gasteiger partial charge in [-0.05, 0) is 12.1 Å². The highest BCUT2D eigenvalue weighted by atomic mass is 28.2. The normalized spacial score (nSPS) is 9.36. The van der Waals surface area contributed by atoms with Gasteiger partial charge in [0, 0.05) is 11.8 Å². The highest BCUT2D eigenvalue weighted by Crippen LogP contribution is 2.17. The van der Waals surface area contributed by atoms with E-state index in [9.17, 15) is 0 Å². The van der Waals surface area contributed by atoms with Gasteiger partial charge in [0.05, 0.1) is 7.11 Å². The van der Waals surface area contributed by atoms with E-state index in [1.54, 1.807) is 11.3 Å². The number of ether oxygens (including phenoxy) is 1. The Morgan fingerprint density at radius 3 is 2.64 bits per heavy atom. The molecule has 6 radical (unpaired) electrons. The van der Waals surface area contributed by atoms with Crippen molar-refractivity contribution in [1.82, 2.24) is 0 Å². The molecule has 54 valence electrons. The van der Waals surface area contributed by atoms with E-state index in [0.29, 0.717) is 0 Å². The molecule has 0 aliphatic carbocycles. The van der Waals surface area contributed by atoms with E-state index in [0.717, 1.165) is 11.4 Å². The fourth-order valence-corrected chi connectivity index (χ4v) is 1.03. The Balaban J connectivity index is 2.91. The zero-order valence-electron chi connectivity index (χ0n) is 6.16. The van der Waals surface area contributed by atoms with Gasteiger partial charge in [-0.1, -0.05) is 6.07 Å². The number of hydrogen-bond donors (Lipinski definition) is 0. The SMILES string of the molecule is COc1cccc(N([Si])[Si])c1. The summed E-state index contributed by atoms with van der Waals surface area (Å²) < 4.78 is 6.69. The zero-order valence-corrected chi connectivity index (χ0v) is 8.16. The van der Waals surface area contributed by atoms with Crippen LogP contribution in [0.1, 0.15) is 0 Å². The second kappa shape index (κ2) is 3.59. The number of benzene rings is 1. The van der Waals surface area contributed by atoms with E-state index >= 15 is 0 Å². The average molecular weight is 177 g/mol. The fourth-order valence-electron chi connectivity index (χ4n) is 0.750. The van der Waals surface area contributed by atoms with Crippen LogP contribution in [0, 0.1) is 0 Å². The number of nitrogens with zero attached hydrogens (tertiary/aromatic N) is 1. The second-order valence-electron chi connectivity index (χ2n) is 2.04. The lowest BCUT2D eigenvalue weighted by Crippen LogP contribution is -2.13. The summed E-state index contributed by atoms with van der Waals surface area (Å²) in [5, 5.41) is 0. The highest BCUT2D eigenvalue weighted by Gasteiger charge is 1.95. The Morgan fingerprint density at radius 1 is 1.36 bits per heavy atom. The highest BCUT2D eigenvalue weighted by molar-refractivity contribution is 6.41. The summed E-state index contributed by atoms with van der Waals surface area (Å²) in [6, 6.07) is 7.66. The van der Waals surface area contributed by atoms with Gasteiger partial charge in [0.25, 0.3) is 0 Å². The summed E-state index contributed by atoms with van der Waals surface area (Å²) in [7, 11) is 8.22. The minimum Gasteiger partial charge on any atom is -0.497 e. The molecule has 0 unspecified atom stereocenters. The van der Waals surface area contributed by atoms with Gasteiger partial charge in [-0.25, -0.2) is 0 Å². The third kappa shape index (κ3) is 2.09. The summed E-state index contributed by atoms with van der Waals surface area (Å²) in [5.74, 6) is 0.837. The van der Waals surface area contributed by atoms with Gasteiger partial charge >= 0.3 is 0 Å². The second-order valence-corrected chi connectivity index (χ2v) is 3.38. The molecule has 1 aromatic rings. The predicted octanol–water partition coefficient (Wildman–Crippen LogP) is 0.669. The Labute approximate surface area is 73.2 Å². The smallest absolute Gasteiger partial charge is 0.178 e. The van der Waals surface area contributed by atoms with Crippen molar-refractivity contribution < 1.29 is 4.74 Å². The van der Waals surface area contributed by atoms with Crippen LogP contribution in [0.2, 0.25) is 0 Å². The summed E-state index contributed by atoms with van der Waals surface area (Å²) >= 11 is 0. The minimum atomic E-state index is 0.837. The number of hydrogen-bond acceptors (Lipinski definition) is 2. The number of anilines is 1. The lowest BCUT2D eigenvalue weighted by Gasteiger charge is -2.12. The van der Waals surface area contributed by atoms with Gasteiger partial charge in [0.2, 0.25) is 0 Å². The summed E-state index contributed by atoms with van der Waals surface area (Å²) in [5.41, 5.74) is 0.984. The van der Waals surface area contributed by atoms with Crippen LogP contribution in [0.5, 0.6) is 5.75 Å². The van der Waals surface area contributed by atoms with Crippen LogP contribution in [0.4, 0.5) is 5.69 Å². The van der Waals surface area contributed by atoms with Gasteiger partial charge in [0.1, 0.15) is 5.75 Å². The van der Waals surface area contributed by atoms with Crippen LogP contribution in [-0.2, 0) is 0 Å². The standard InChI is InChI=1S/C7H7NOSi2/c1-9-7-4-2-3-6(5-7)8(10)11/h2-5H,1H3.